The summed E-state index contributed by atoms with van der Waals surface area (Å²) in [5, 5.41) is 2.95. The van der Waals surface area contributed by atoms with Gasteiger partial charge in [0.05, 0.1) is 11.1 Å². The van der Waals surface area contributed by atoms with Crippen LogP contribution in [0.5, 0.6) is 0 Å². The number of amides is 2. The fourth-order valence-electron chi connectivity index (χ4n) is 3.26. The van der Waals surface area contributed by atoms with Crippen molar-refractivity contribution in [2.24, 2.45) is 0 Å². The van der Waals surface area contributed by atoms with Crippen LogP contribution in [0, 0.1) is 0 Å². The van der Waals surface area contributed by atoms with E-state index in [0.29, 0.717) is 18.7 Å². The third kappa shape index (κ3) is 3.16. The van der Waals surface area contributed by atoms with Gasteiger partial charge in [0.15, 0.2) is 0 Å². The summed E-state index contributed by atoms with van der Waals surface area (Å²) < 4.78 is 0.818. The van der Waals surface area contributed by atoms with E-state index in [2.05, 4.69) is 21.2 Å². The van der Waals surface area contributed by atoms with E-state index in [1.807, 2.05) is 75.4 Å². The molecule has 1 atom stereocenters. The molecule has 2 aromatic rings. The number of nitrogens with one attached hydrogen (secondary N) is 1. The van der Waals surface area contributed by atoms with Crippen molar-refractivity contribution in [2.45, 2.75) is 38.1 Å². The lowest BCUT2D eigenvalue weighted by atomic mass is 9.77. The van der Waals surface area contributed by atoms with Gasteiger partial charge in [0, 0.05) is 11.0 Å². The molecule has 1 saturated heterocycles. The van der Waals surface area contributed by atoms with Gasteiger partial charge in [-0.15, -0.1) is 0 Å². The Hall–Kier alpha value is -2.14. The van der Waals surface area contributed by atoms with Crippen LogP contribution in [-0.4, -0.2) is 28.8 Å². The third-order valence-corrected chi connectivity index (χ3v) is 6.00. The minimum Gasteiger partial charge on any atom is -0.327 e. The first-order valence-corrected chi connectivity index (χ1v) is 9.50. The standard InChI is InChI=1S/C21H23BrN2O2/c1-20(2,15-9-5-4-6-10-15)19(26)24-14-13-21(24,3)18(25)23-17-12-8-7-11-16(17)22/h4-12H,13-14H2,1-3H3,(H,23,25). The first kappa shape index (κ1) is 18.6. The highest BCUT2D eigenvalue weighted by Gasteiger charge is 2.52. The Balaban J connectivity index is 1.80. The van der Waals surface area contributed by atoms with Crippen LogP contribution in [0.3, 0.4) is 0 Å². The molecule has 1 aliphatic rings. The van der Waals surface area contributed by atoms with Gasteiger partial charge in [-0.05, 0) is 60.8 Å². The van der Waals surface area contributed by atoms with E-state index >= 15 is 0 Å². The van der Waals surface area contributed by atoms with Crippen molar-refractivity contribution >= 4 is 33.4 Å². The summed E-state index contributed by atoms with van der Waals surface area (Å²) in [5.41, 5.74) is 0.139. The number of para-hydroxylation sites is 1. The largest absolute Gasteiger partial charge is 0.327 e. The van der Waals surface area contributed by atoms with Crippen molar-refractivity contribution < 1.29 is 9.59 Å². The molecule has 136 valence electrons. The van der Waals surface area contributed by atoms with E-state index < -0.39 is 11.0 Å². The van der Waals surface area contributed by atoms with Gasteiger partial charge in [-0.2, -0.15) is 0 Å². The van der Waals surface area contributed by atoms with Gasteiger partial charge in [-0.3, -0.25) is 9.59 Å². The third-order valence-electron chi connectivity index (χ3n) is 5.30. The summed E-state index contributed by atoms with van der Waals surface area (Å²) in [6.45, 7) is 6.25. The first-order chi connectivity index (χ1) is 12.3. The number of likely N-dealkylation sites (tertiary alicyclic amines) is 1. The van der Waals surface area contributed by atoms with Crippen LogP contribution in [0.15, 0.2) is 59.1 Å². The summed E-state index contributed by atoms with van der Waals surface area (Å²) in [5.74, 6) is -0.187. The van der Waals surface area contributed by atoms with Gasteiger partial charge in [-0.1, -0.05) is 42.5 Å². The Morgan fingerprint density at radius 3 is 2.27 bits per heavy atom. The van der Waals surface area contributed by atoms with Crippen LogP contribution in [0.25, 0.3) is 0 Å². The van der Waals surface area contributed by atoms with Crippen molar-refractivity contribution in [3.05, 3.63) is 64.6 Å². The van der Waals surface area contributed by atoms with Crippen LogP contribution in [0.1, 0.15) is 32.8 Å². The Labute approximate surface area is 162 Å². The zero-order valence-electron chi connectivity index (χ0n) is 15.3. The van der Waals surface area contributed by atoms with E-state index in [0.717, 1.165) is 10.0 Å². The number of nitrogens with zero attached hydrogens (tertiary/aromatic N) is 1. The zero-order chi connectivity index (χ0) is 18.9. The SMILES string of the molecule is CC(C)(C(=O)N1CCC1(C)C(=O)Nc1ccccc1Br)c1ccccc1. The molecule has 2 amide bonds. The van der Waals surface area contributed by atoms with Gasteiger partial charge in [0.1, 0.15) is 5.54 Å². The van der Waals surface area contributed by atoms with Gasteiger partial charge in [0.25, 0.3) is 0 Å². The zero-order valence-corrected chi connectivity index (χ0v) is 16.8. The summed E-state index contributed by atoms with van der Waals surface area (Å²) in [4.78, 5) is 27.8. The van der Waals surface area contributed by atoms with Crippen LogP contribution < -0.4 is 5.32 Å². The average Bonchev–Trinajstić information content (AvgIpc) is 2.62. The average molecular weight is 415 g/mol. The van der Waals surface area contributed by atoms with Gasteiger partial charge in [0.2, 0.25) is 11.8 Å². The second kappa shape index (κ2) is 6.88. The van der Waals surface area contributed by atoms with Gasteiger partial charge in [-0.25, -0.2) is 0 Å². The summed E-state index contributed by atoms with van der Waals surface area (Å²) in [7, 11) is 0. The van der Waals surface area contributed by atoms with Crippen molar-refractivity contribution in [2.75, 3.05) is 11.9 Å². The van der Waals surface area contributed by atoms with Crippen LogP contribution in [0.4, 0.5) is 5.69 Å². The molecule has 5 heteroatoms. The minimum absolute atomic E-state index is 0.0280. The van der Waals surface area contributed by atoms with Gasteiger partial charge < -0.3 is 10.2 Å². The lowest BCUT2D eigenvalue weighted by Gasteiger charge is -2.51. The van der Waals surface area contributed by atoms with E-state index in [4.69, 9.17) is 0 Å². The Bertz CT molecular complexity index is 835. The fraction of sp³-hybridized carbons (Fsp3) is 0.333. The second-order valence-corrected chi connectivity index (χ2v) is 8.26. The number of carbonyl (C=O) groups is 2. The van der Waals surface area contributed by atoms with E-state index in [1.54, 1.807) is 4.90 Å². The lowest BCUT2D eigenvalue weighted by molar-refractivity contribution is -0.158. The number of hydrogen-bond donors (Lipinski definition) is 1. The topological polar surface area (TPSA) is 49.4 Å². The summed E-state index contributed by atoms with van der Waals surface area (Å²) >= 11 is 3.44. The highest BCUT2D eigenvalue weighted by Crippen LogP contribution is 2.37. The molecule has 3 rings (SSSR count). The molecule has 0 saturated carbocycles. The van der Waals surface area contributed by atoms with E-state index in [-0.39, 0.29) is 11.8 Å². The molecule has 0 bridgehead atoms. The predicted octanol–water partition coefficient (Wildman–Crippen LogP) is 4.36. The molecule has 1 heterocycles. The number of anilines is 1. The summed E-state index contributed by atoms with van der Waals surface area (Å²) in [6.07, 6.45) is 0.653. The highest BCUT2D eigenvalue weighted by atomic mass is 79.9. The number of carbonyl (C=O) groups excluding carboxylic acids is 2. The molecular formula is C21H23BrN2O2. The number of hydrogen-bond acceptors (Lipinski definition) is 2. The fourth-order valence-corrected chi connectivity index (χ4v) is 3.64. The molecule has 0 spiro atoms. The number of benzene rings is 2. The number of rotatable bonds is 4. The summed E-state index contributed by atoms with van der Waals surface area (Å²) in [6, 6.07) is 17.2. The van der Waals surface area contributed by atoms with E-state index in [1.165, 1.54) is 0 Å². The van der Waals surface area contributed by atoms with Crippen molar-refractivity contribution in [3.8, 4) is 0 Å². The Morgan fingerprint density at radius 1 is 1.08 bits per heavy atom. The second-order valence-electron chi connectivity index (χ2n) is 7.41. The van der Waals surface area contributed by atoms with Crippen LogP contribution >= 0.6 is 15.9 Å². The molecule has 0 radical (unpaired) electrons. The van der Waals surface area contributed by atoms with Crippen LogP contribution in [0.2, 0.25) is 0 Å². The molecule has 0 aliphatic carbocycles. The molecular weight excluding hydrogens is 392 g/mol. The lowest BCUT2D eigenvalue weighted by Crippen LogP contribution is -2.68. The monoisotopic (exact) mass is 414 g/mol. The minimum atomic E-state index is -0.835. The molecule has 1 N–H and O–H groups in total. The van der Waals surface area contributed by atoms with E-state index in [9.17, 15) is 9.59 Å². The molecule has 4 nitrogen and oxygen atoms in total. The molecule has 1 fully saturated rings. The molecule has 2 aromatic carbocycles. The predicted molar refractivity (Wildman–Crippen MR) is 107 cm³/mol. The maximum Gasteiger partial charge on any atom is 0.250 e. The van der Waals surface area contributed by atoms with Crippen LogP contribution in [-0.2, 0) is 15.0 Å². The van der Waals surface area contributed by atoms with Crippen molar-refractivity contribution in [3.63, 3.8) is 0 Å². The normalized spacial score (nSPS) is 19.6. The highest BCUT2D eigenvalue weighted by molar-refractivity contribution is 9.10. The van der Waals surface area contributed by atoms with Crippen molar-refractivity contribution in [1.82, 2.24) is 4.90 Å². The first-order valence-electron chi connectivity index (χ1n) is 8.70. The maximum atomic E-state index is 13.2. The molecule has 26 heavy (non-hydrogen) atoms. The maximum absolute atomic E-state index is 13.2. The van der Waals surface area contributed by atoms with Crippen molar-refractivity contribution in [1.29, 1.82) is 0 Å². The molecule has 1 aliphatic heterocycles. The smallest absolute Gasteiger partial charge is 0.250 e. The van der Waals surface area contributed by atoms with Gasteiger partial charge >= 0.3 is 0 Å². The Morgan fingerprint density at radius 2 is 1.69 bits per heavy atom. The molecule has 0 aromatic heterocycles. The molecule has 1 unspecified atom stereocenters. The quantitative estimate of drug-likeness (QED) is 0.807. The number of halogens is 1. The Kier molecular flexibility index (Phi) is 4.93.